The molecule has 7 nitrogen and oxygen atoms in total. The van der Waals surface area contributed by atoms with E-state index in [1.54, 1.807) is 0 Å². The van der Waals surface area contributed by atoms with Gasteiger partial charge in [-0.15, -0.1) is 0 Å². The zero-order valence-electron chi connectivity index (χ0n) is 20.2. The van der Waals surface area contributed by atoms with Crippen molar-refractivity contribution in [3.8, 4) is 11.1 Å². The van der Waals surface area contributed by atoms with Crippen LogP contribution >= 0.6 is 0 Å². The highest BCUT2D eigenvalue weighted by Crippen LogP contribution is 2.44. The van der Waals surface area contributed by atoms with Crippen molar-refractivity contribution in [2.45, 2.75) is 44.9 Å². The molecular weight excluding hydrogens is 444 g/mol. The Labute approximate surface area is 206 Å². The molecule has 0 radical (unpaired) electrons. The number of fused-ring (bicyclic) bond motifs is 3. The minimum atomic E-state index is -0.759. The summed E-state index contributed by atoms with van der Waals surface area (Å²) in [5.41, 5.74) is 4.67. The Morgan fingerprint density at radius 1 is 0.971 bits per heavy atom. The molecule has 1 saturated carbocycles. The van der Waals surface area contributed by atoms with Gasteiger partial charge in [0.05, 0.1) is 5.92 Å². The Morgan fingerprint density at radius 3 is 2.23 bits per heavy atom. The van der Waals surface area contributed by atoms with E-state index in [0.717, 1.165) is 30.4 Å². The van der Waals surface area contributed by atoms with Crippen molar-refractivity contribution in [2.24, 2.45) is 17.8 Å². The zero-order valence-corrected chi connectivity index (χ0v) is 20.2. The van der Waals surface area contributed by atoms with Crippen molar-refractivity contribution in [2.75, 3.05) is 19.7 Å². The molecule has 2 amide bonds. The Morgan fingerprint density at radius 2 is 1.60 bits per heavy atom. The minimum Gasteiger partial charge on any atom is -0.481 e. The van der Waals surface area contributed by atoms with Gasteiger partial charge in [0, 0.05) is 25.4 Å². The highest BCUT2D eigenvalue weighted by atomic mass is 16.5. The Balaban J connectivity index is 1.22. The van der Waals surface area contributed by atoms with Gasteiger partial charge in [-0.2, -0.15) is 0 Å². The fraction of sp³-hybridized carbons (Fsp3) is 0.464. The molecule has 35 heavy (non-hydrogen) atoms. The maximum Gasteiger partial charge on any atom is 0.407 e. The van der Waals surface area contributed by atoms with E-state index in [-0.39, 0.29) is 43.2 Å². The van der Waals surface area contributed by atoms with Crippen LogP contribution in [0.5, 0.6) is 0 Å². The number of ether oxygens (including phenoxy) is 1. The van der Waals surface area contributed by atoms with E-state index in [4.69, 9.17) is 9.84 Å². The van der Waals surface area contributed by atoms with Gasteiger partial charge < -0.3 is 20.5 Å². The van der Waals surface area contributed by atoms with Crippen LogP contribution in [0, 0.1) is 17.8 Å². The van der Waals surface area contributed by atoms with E-state index >= 15 is 0 Å². The predicted octanol–water partition coefficient (Wildman–Crippen LogP) is 4.56. The monoisotopic (exact) mass is 478 g/mol. The largest absolute Gasteiger partial charge is 0.481 e. The lowest BCUT2D eigenvalue weighted by molar-refractivity contribution is -0.138. The second-order valence-electron chi connectivity index (χ2n) is 9.70. The number of aliphatic carboxylic acids is 1. The third-order valence-corrected chi connectivity index (χ3v) is 7.38. The van der Waals surface area contributed by atoms with Crippen LogP contribution < -0.4 is 10.6 Å². The van der Waals surface area contributed by atoms with Crippen molar-refractivity contribution in [1.82, 2.24) is 10.6 Å². The van der Waals surface area contributed by atoms with Gasteiger partial charge in [-0.25, -0.2) is 4.79 Å². The standard InChI is InChI=1S/C28H34N2O5/c1-2-20(27(33)29-15-19-12-11-18(13-19)14-26(31)32)16-30-28(34)35-17-25-23-9-5-3-7-21(23)22-8-4-6-10-24(22)25/h3-10,18-20,25H,2,11-17H2,1H3,(H,29,33)(H,30,34)(H,31,32). The minimum absolute atomic E-state index is 0.00483. The van der Waals surface area contributed by atoms with E-state index in [0.29, 0.717) is 18.9 Å². The van der Waals surface area contributed by atoms with E-state index in [1.807, 2.05) is 31.2 Å². The molecule has 2 aliphatic carbocycles. The molecule has 0 saturated heterocycles. The topological polar surface area (TPSA) is 105 Å². The lowest BCUT2D eigenvalue weighted by Crippen LogP contribution is -2.40. The summed E-state index contributed by atoms with van der Waals surface area (Å²) in [6, 6.07) is 16.4. The molecule has 7 heteroatoms. The first kappa shape index (κ1) is 24.8. The summed E-state index contributed by atoms with van der Waals surface area (Å²) < 4.78 is 5.57. The molecular formula is C28H34N2O5. The fourth-order valence-corrected chi connectivity index (χ4v) is 5.46. The summed E-state index contributed by atoms with van der Waals surface area (Å²) >= 11 is 0. The SMILES string of the molecule is CCC(CNC(=O)OCC1c2ccccc2-c2ccccc21)C(=O)NCC1CCC(CC(=O)O)C1. The number of carbonyl (C=O) groups excluding carboxylic acids is 2. The van der Waals surface area contributed by atoms with Gasteiger partial charge >= 0.3 is 12.1 Å². The molecule has 3 N–H and O–H groups in total. The molecule has 0 heterocycles. The van der Waals surface area contributed by atoms with Crippen LogP contribution in [-0.4, -0.2) is 42.8 Å². The van der Waals surface area contributed by atoms with Crippen molar-refractivity contribution in [3.63, 3.8) is 0 Å². The molecule has 0 spiro atoms. The summed E-state index contributed by atoms with van der Waals surface area (Å²) in [7, 11) is 0. The molecule has 2 aliphatic rings. The molecule has 3 unspecified atom stereocenters. The summed E-state index contributed by atoms with van der Waals surface area (Å²) in [6.07, 6.45) is 2.95. The first-order chi connectivity index (χ1) is 17.0. The van der Waals surface area contributed by atoms with E-state index in [2.05, 4.69) is 34.9 Å². The van der Waals surface area contributed by atoms with Crippen molar-refractivity contribution in [1.29, 1.82) is 0 Å². The highest BCUT2D eigenvalue weighted by Gasteiger charge is 2.30. The van der Waals surface area contributed by atoms with Crippen LogP contribution in [0.1, 0.15) is 56.1 Å². The molecule has 0 aromatic heterocycles. The Hall–Kier alpha value is -3.35. The number of hydrogen-bond acceptors (Lipinski definition) is 4. The smallest absolute Gasteiger partial charge is 0.407 e. The van der Waals surface area contributed by atoms with Crippen LogP contribution in [0.15, 0.2) is 48.5 Å². The first-order valence-corrected chi connectivity index (χ1v) is 12.5. The van der Waals surface area contributed by atoms with Crippen LogP contribution in [-0.2, 0) is 14.3 Å². The van der Waals surface area contributed by atoms with Crippen LogP contribution in [0.3, 0.4) is 0 Å². The van der Waals surface area contributed by atoms with Gasteiger partial charge in [-0.3, -0.25) is 9.59 Å². The molecule has 1 fully saturated rings. The predicted molar refractivity (Wildman–Crippen MR) is 133 cm³/mol. The number of carboxylic acids is 1. The van der Waals surface area contributed by atoms with E-state index in [9.17, 15) is 14.4 Å². The van der Waals surface area contributed by atoms with E-state index in [1.165, 1.54) is 11.1 Å². The third kappa shape index (κ3) is 6.02. The highest BCUT2D eigenvalue weighted by molar-refractivity contribution is 5.80. The second kappa shape index (κ2) is 11.4. The van der Waals surface area contributed by atoms with Gasteiger partial charge in [-0.1, -0.05) is 55.5 Å². The Bertz CT molecular complexity index is 1020. The summed E-state index contributed by atoms with van der Waals surface area (Å²) in [6.45, 7) is 2.92. The number of amides is 2. The number of hydrogen-bond donors (Lipinski definition) is 3. The summed E-state index contributed by atoms with van der Waals surface area (Å²) in [5.74, 6) is -0.679. The third-order valence-electron chi connectivity index (χ3n) is 7.38. The van der Waals surface area contributed by atoms with Gasteiger partial charge in [0.1, 0.15) is 6.61 Å². The molecule has 186 valence electrons. The summed E-state index contributed by atoms with van der Waals surface area (Å²) in [4.78, 5) is 36.0. The van der Waals surface area contributed by atoms with Gasteiger partial charge in [0.15, 0.2) is 0 Å². The molecule has 4 rings (SSSR count). The van der Waals surface area contributed by atoms with Crippen molar-refractivity contribution < 1.29 is 24.2 Å². The number of benzene rings is 2. The van der Waals surface area contributed by atoms with Crippen LogP contribution in [0.4, 0.5) is 4.79 Å². The number of alkyl carbamates (subject to hydrolysis) is 1. The lowest BCUT2D eigenvalue weighted by atomic mass is 9.98. The van der Waals surface area contributed by atoms with Gasteiger partial charge in [0.2, 0.25) is 5.91 Å². The summed E-state index contributed by atoms with van der Waals surface area (Å²) in [5, 5.41) is 14.7. The maximum absolute atomic E-state index is 12.6. The van der Waals surface area contributed by atoms with Gasteiger partial charge in [0.25, 0.3) is 0 Å². The van der Waals surface area contributed by atoms with Crippen molar-refractivity contribution >= 4 is 18.0 Å². The van der Waals surface area contributed by atoms with Crippen LogP contribution in [0.2, 0.25) is 0 Å². The van der Waals surface area contributed by atoms with Crippen molar-refractivity contribution in [3.05, 3.63) is 59.7 Å². The normalized spacial score (nSPS) is 19.5. The number of rotatable bonds is 10. The number of carbonyl (C=O) groups is 3. The molecule has 3 atom stereocenters. The zero-order chi connectivity index (χ0) is 24.8. The molecule has 0 aliphatic heterocycles. The molecule has 0 bridgehead atoms. The lowest BCUT2D eigenvalue weighted by Gasteiger charge is -2.19. The quantitative estimate of drug-likeness (QED) is 0.464. The molecule has 2 aromatic rings. The van der Waals surface area contributed by atoms with E-state index < -0.39 is 12.1 Å². The first-order valence-electron chi connectivity index (χ1n) is 12.5. The maximum atomic E-state index is 12.6. The number of nitrogens with one attached hydrogen (secondary N) is 2. The number of carboxylic acid groups (broad SMARTS) is 1. The molecule has 2 aromatic carbocycles. The Kier molecular flexibility index (Phi) is 8.06. The second-order valence-corrected chi connectivity index (χ2v) is 9.70. The fourth-order valence-electron chi connectivity index (χ4n) is 5.46. The van der Waals surface area contributed by atoms with Gasteiger partial charge in [-0.05, 0) is 59.8 Å². The average Bonchev–Trinajstić information content (AvgIpc) is 3.43. The van der Waals surface area contributed by atoms with Crippen LogP contribution in [0.25, 0.3) is 11.1 Å². The average molecular weight is 479 g/mol.